The van der Waals surface area contributed by atoms with Crippen LogP contribution in [0.25, 0.3) is 5.65 Å². The quantitative estimate of drug-likeness (QED) is 0.895. The zero-order valence-electron chi connectivity index (χ0n) is 11.5. The molecule has 0 amide bonds. The first-order valence-electron chi connectivity index (χ1n) is 6.69. The predicted octanol–water partition coefficient (Wildman–Crippen LogP) is 1.88. The van der Waals surface area contributed by atoms with E-state index in [4.69, 9.17) is 15.5 Å². The predicted molar refractivity (Wildman–Crippen MR) is 76.7 cm³/mol. The third-order valence-corrected chi connectivity index (χ3v) is 3.79. The second-order valence-electron chi connectivity index (χ2n) is 5.28. The van der Waals surface area contributed by atoms with Crippen LogP contribution in [0.2, 0.25) is 0 Å². The van der Waals surface area contributed by atoms with Gasteiger partial charge in [-0.15, -0.1) is 0 Å². The van der Waals surface area contributed by atoms with E-state index in [1.54, 1.807) is 0 Å². The lowest BCUT2D eigenvalue weighted by molar-refractivity contribution is 0.0847. The molecular weight excluding hydrogens is 240 g/mol. The Hall–Kier alpha value is -1.75. The number of hydrogen-bond donors (Lipinski definition) is 1. The Morgan fingerprint density at radius 1 is 1.32 bits per heavy atom. The van der Waals surface area contributed by atoms with Gasteiger partial charge in [-0.05, 0) is 25.0 Å². The van der Waals surface area contributed by atoms with Crippen LogP contribution in [0.5, 0.6) is 0 Å². The highest BCUT2D eigenvalue weighted by molar-refractivity contribution is 5.59. The molecule has 19 heavy (non-hydrogen) atoms. The summed E-state index contributed by atoms with van der Waals surface area (Å²) in [5.41, 5.74) is 9.35. The summed E-state index contributed by atoms with van der Waals surface area (Å²) in [5.74, 6) is 1.20. The van der Waals surface area contributed by atoms with E-state index in [0.29, 0.717) is 5.92 Å². The lowest BCUT2D eigenvalue weighted by atomic mass is 9.96. The summed E-state index contributed by atoms with van der Waals surface area (Å²) in [5, 5.41) is 0. The van der Waals surface area contributed by atoms with Gasteiger partial charge in [0.2, 0.25) is 0 Å². The maximum atomic E-state index is 6.28. The van der Waals surface area contributed by atoms with Gasteiger partial charge in [-0.2, -0.15) is 0 Å². The normalized spacial score (nSPS) is 16.9. The Morgan fingerprint density at radius 2 is 2.05 bits per heavy atom. The van der Waals surface area contributed by atoms with E-state index < -0.39 is 0 Å². The van der Waals surface area contributed by atoms with Crippen molar-refractivity contribution in [3.8, 4) is 0 Å². The van der Waals surface area contributed by atoms with Crippen LogP contribution in [0.4, 0.5) is 11.5 Å². The van der Waals surface area contributed by atoms with Gasteiger partial charge in [-0.3, -0.25) is 4.40 Å². The van der Waals surface area contributed by atoms with E-state index in [1.165, 1.54) is 0 Å². The summed E-state index contributed by atoms with van der Waals surface area (Å²) in [7, 11) is 4.04. The number of nitrogens with two attached hydrogens (primary N) is 1. The summed E-state index contributed by atoms with van der Waals surface area (Å²) in [6, 6.07) is 4.09. The third kappa shape index (κ3) is 2.14. The number of ether oxygens (including phenoxy) is 1. The molecule has 1 aliphatic rings. The molecule has 3 heterocycles. The molecule has 2 aromatic rings. The number of aromatic nitrogens is 2. The minimum atomic E-state index is 0.427. The molecule has 2 aromatic heterocycles. The SMILES string of the molecule is CN(C)c1ccc2nc(C3CCOCC3)c(N)n2c1. The van der Waals surface area contributed by atoms with Crippen molar-refractivity contribution in [1.82, 2.24) is 9.38 Å². The third-order valence-electron chi connectivity index (χ3n) is 3.79. The van der Waals surface area contributed by atoms with E-state index >= 15 is 0 Å². The Bertz CT molecular complexity index is 584. The van der Waals surface area contributed by atoms with Gasteiger partial charge in [-0.25, -0.2) is 4.98 Å². The molecule has 0 radical (unpaired) electrons. The fourth-order valence-electron chi connectivity index (χ4n) is 2.61. The van der Waals surface area contributed by atoms with Crippen molar-refractivity contribution in [2.24, 2.45) is 0 Å². The molecule has 0 unspecified atom stereocenters. The van der Waals surface area contributed by atoms with Crippen LogP contribution in [-0.2, 0) is 4.74 Å². The van der Waals surface area contributed by atoms with Gasteiger partial charge in [0.05, 0.1) is 11.4 Å². The van der Waals surface area contributed by atoms with Crippen molar-refractivity contribution >= 4 is 17.2 Å². The van der Waals surface area contributed by atoms with Gasteiger partial charge >= 0.3 is 0 Å². The van der Waals surface area contributed by atoms with Crippen LogP contribution in [0.3, 0.4) is 0 Å². The van der Waals surface area contributed by atoms with E-state index in [1.807, 2.05) is 30.8 Å². The first-order chi connectivity index (χ1) is 9.16. The molecule has 1 aliphatic heterocycles. The fourth-order valence-corrected chi connectivity index (χ4v) is 2.61. The Kier molecular flexibility index (Phi) is 3.06. The van der Waals surface area contributed by atoms with Gasteiger partial charge in [0.1, 0.15) is 11.5 Å². The molecule has 1 fully saturated rings. The lowest BCUT2D eigenvalue weighted by Crippen LogP contribution is -2.15. The molecule has 1 saturated heterocycles. The van der Waals surface area contributed by atoms with Gasteiger partial charge < -0.3 is 15.4 Å². The van der Waals surface area contributed by atoms with E-state index in [9.17, 15) is 0 Å². The zero-order valence-corrected chi connectivity index (χ0v) is 11.5. The topological polar surface area (TPSA) is 55.8 Å². The van der Waals surface area contributed by atoms with Gasteiger partial charge in [-0.1, -0.05) is 0 Å². The number of fused-ring (bicyclic) bond motifs is 1. The van der Waals surface area contributed by atoms with Gasteiger partial charge in [0.15, 0.2) is 0 Å². The van der Waals surface area contributed by atoms with Crippen LogP contribution in [-0.4, -0.2) is 36.7 Å². The highest BCUT2D eigenvalue weighted by Gasteiger charge is 2.22. The number of rotatable bonds is 2. The van der Waals surface area contributed by atoms with Crippen molar-refractivity contribution < 1.29 is 4.74 Å². The number of pyridine rings is 1. The molecule has 0 bridgehead atoms. The maximum Gasteiger partial charge on any atom is 0.138 e. The molecule has 0 aliphatic carbocycles. The van der Waals surface area contributed by atoms with E-state index in [2.05, 4.69) is 11.0 Å². The van der Waals surface area contributed by atoms with E-state index in [-0.39, 0.29) is 0 Å². The summed E-state index contributed by atoms with van der Waals surface area (Å²) >= 11 is 0. The number of hydrogen-bond acceptors (Lipinski definition) is 4. The monoisotopic (exact) mass is 260 g/mol. The fraction of sp³-hybridized carbons (Fsp3) is 0.500. The van der Waals surface area contributed by atoms with Crippen LogP contribution in [0.1, 0.15) is 24.5 Å². The highest BCUT2D eigenvalue weighted by Crippen LogP contribution is 2.31. The average molecular weight is 260 g/mol. The molecule has 3 rings (SSSR count). The largest absolute Gasteiger partial charge is 0.383 e. The van der Waals surface area contributed by atoms with Crippen molar-refractivity contribution in [3.63, 3.8) is 0 Å². The number of nitrogens with zero attached hydrogens (tertiary/aromatic N) is 3. The lowest BCUT2D eigenvalue weighted by Gasteiger charge is -2.20. The summed E-state index contributed by atoms with van der Waals surface area (Å²) in [4.78, 5) is 6.76. The number of nitrogen functional groups attached to an aromatic ring is 1. The highest BCUT2D eigenvalue weighted by atomic mass is 16.5. The molecule has 2 N–H and O–H groups in total. The first-order valence-corrected chi connectivity index (χ1v) is 6.69. The molecule has 5 nitrogen and oxygen atoms in total. The average Bonchev–Trinajstić information content (AvgIpc) is 2.77. The molecular formula is C14H20N4O. The van der Waals surface area contributed by atoms with Gasteiger partial charge in [0, 0.05) is 39.4 Å². The maximum absolute atomic E-state index is 6.28. The standard InChI is InChI=1S/C14H20N4O/c1-17(2)11-3-4-12-16-13(14(15)18(12)9-11)10-5-7-19-8-6-10/h3-4,9-10H,5-8,15H2,1-2H3. The van der Waals surface area contributed by atoms with Crippen LogP contribution in [0, 0.1) is 0 Å². The van der Waals surface area contributed by atoms with Crippen LogP contribution < -0.4 is 10.6 Å². The van der Waals surface area contributed by atoms with Crippen LogP contribution in [0.15, 0.2) is 18.3 Å². The first kappa shape index (κ1) is 12.3. The zero-order chi connectivity index (χ0) is 13.4. The molecule has 5 heteroatoms. The van der Waals surface area contributed by atoms with Crippen LogP contribution >= 0.6 is 0 Å². The Balaban J connectivity index is 2.04. The molecule has 0 atom stereocenters. The Morgan fingerprint density at radius 3 is 2.74 bits per heavy atom. The second-order valence-corrected chi connectivity index (χ2v) is 5.28. The van der Waals surface area contributed by atoms with Crippen molar-refractivity contribution in [1.29, 1.82) is 0 Å². The summed E-state index contributed by atoms with van der Waals surface area (Å²) in [6.45, 7) is 1.61. The summed E-state index contributed by atoms with van der Waals surface area (Å²) < 4.78 is 7.39. The van der Waals surface area contributed by atoms with E-state index in [0.717, 1.165) is 48.9 Å². The minimum absolute atomic E-state index is 0.427. The molecule has 0 spiro atoms. The van der Waals surface area contributed by atoms with Crippen molar-refractivity contribution in [2.45, 2.75) is 18.8 Å². The minimum Gasteiger partial charge on any atom is -0.383 e. The molecule has 0 saturated carbocycles. The molecule has 102 valence electrons. The number of imidazole rings is 1. The molecule has 0 aromatic carbocycles. The Labute approximate surface area is 113 Å². The smallest absolute Gasteiger partial charge is 0.138 e. The number of anilines is 2. The summed E-state index contributed by atoms with van der Waals surface area (Å²) in [6.07, 6.45) is 4.06. The second kappa shape index (κ2) is 4.74. The van der Waals surface area contributed by atoms with Crippen molar-refractivity contribution in [3.05, 3.63) is 24.0 Å². The van der Waals surface area contributed by atoms with Gasteiger partial charge in [0.25, 0.3) is 0 Å². The van der Waals surface area contributed by atoms with Crippen molar-refractivity contribution in [2.75, 3.05) is 37.9 Å².